The molecule has 2 amide bonds. The van der Waals surface area contributed by atoms with Gasteiger partial charge in [-0.05, 0) is 17.7 Å². The molecule has 2 aromatic rings. The minimum absolute atomic E-state index is 0.00220. The van der Waals surface area contributed by atoms with Crippen molar-refractivity contribution in [1.82, 2.24) is 9.80 Å². The summed E-state index contributed by atoms with van der Waals surface area (Å²) in [6.07, 6.45) is 0.231. The third-order valence-corrected chi connectivity index (χ3v) is 6.08. The van der Waals surface area contributed by atoms with Crippen LogP contribution in [0.2, 0.25) is 5.02 Å². The van der Waals surface area contributed by atoms with Gasteiger partial charge < -0.3 is 14.7 Å². The van der Waals surface area contributed by atoms with Crippen molar-refractivity contribution >= 4 is 34.8 Å². The second-order valence-corrected chi connectivity index (χ2v) is 8.30. The number of likely N-dealkylation sites (tertiary alicyclic amines) is 1. The third kappa shape index (κ3) is 4.64. The Hall–Kier alpha value is -3.13. The van der Waals surface area contributed by atoms with E-state index in [1.165, 1.54) is 6.07 Å². The second kappa shape index (κ2) is 8.93. The Morgan fingerprint density at radius 1 is 1.10 bits per heavy atom. The fourth-order valence-corrected chi connectivity index (χ4v) is 4.40. The Bertz CT molecular complexity index is 992. The molecule has 2 fully saturated rings. The molecule has 2 aliphatic heterocycles. The SMILES string of the molecule is O=C1CC(C(=O)N2CCN(c3ccc(Cl)cc3[N+](=O)[O-])CC2)CN1Cc1ccccc1. The molecule has 2 aromatic carbocycles. The number of hydrogen-bond acceptors (Lipinski definition) is 5. The first kappa shape index (κ1) is 21.1. The van der Waals surface area contributed by atoms with Crippen LogP contribution in [0.1, 0.15) is 12.0 Å². The molecule has 2 heterocycles. The van der Waals surface area contributed by atoms with Crippen molar-refractivity contribution < 1.29 is 14.5 Å². The topological polar surface area (TPSA) is 87.0 Å². The molecule has 31 heavy (non-hydrogen) atoms. The first-order valence-corrected chi connectivity index (χ1v) is 10.6. The van der Waals surface area contributed by atoms with E-state index in [2.05, 4.69) is 0 Å². The van der Waals surface area contributed by atoms with E-state index < -0.39 is 4.92 Å². The van der Waals surface area contributed by atoms with Crippen LogP contribution in [0.4, 0.5) is 11.4 Å². The highest BCUT2D eigenvalue weighted by Gasteiger charge is 2.37. The summed E-state index contributed by atoms with van der Waals surface area (Å²) in [6.45, 7) is 2.84. The van der Waals surface area contributed by atoms with E-state index in [4.69, 9.17) is 11.6 Å². The van der Waals surface area contributed by atoms with Crippen LogP contribution in [0.25, 0.3) is 0 Å². The smallest absolute Gasteiger partial charge is 0.294 e. The monoisotopic (exact) mass is 442 g/mol. The summed E-state index contributed by atoms with van der Waals surface area (Å²) in [4.78, 5) is 41.8. The number of rotatable bonds is 5. The van der Waals surface area contributed by atoms with E-state index in [0.29, 0.717) is 50.0 Å². The van der Waals surface area contributed by atoms with Crippen LogP contribution in [0.5, 0.6) is 0 Å². The highest BCUT2D eigenvalue weighted by Crippen LogP contribution is 2.32. The molecular weight excluding hydrogens is 420 g/mol. The maximum Gasteiger partial charge on any atom is 0.294 e. The fraction of sp³-hybridized carbons (Fsp3) is 0.364. The van der Waals surface area contributed by atoms with Gasteiger partial charge in [-0.25, -0.2) is 0 Å². The number of hydrogen-bond donors (Lipinski definition) is 0. The van der Waals surface area contributed by atoms with Gasteiger partial charge in [0.25, 0.3) is 5.69 Å². The molecule has 1 atom stereocenters. The number of halogens is 1. The van der Waals surface area contributed by atoms with Gasteiger partial charge in [-0.15, -0.1) is 0 Å². The summed E-state index contributed by atoms with van der Waals surface area (Å²) < 4.78 is 0. The van der Waals surface area contributed by atoms with Crippen LogP contribution in [-0.4, -0.2) is 59.3 Å². The van der Waals surface area contributed by atoms with Gasteiger partial charge in [0, 0.05) is 56.8 Å². The molecule has 0 radical (unpaired) electrons. The van der Waals surface area contributed by atoms with E-state index in [9.17, 15) is 19.7 Å². The van der Waals surface area contributed by atoms with Gasteiger partial charge in [0.1, 0.15) is 5.69 Å². The summed E-state index contributed by atoms with van der Waals surface area (Å²) in [7, 11) is 0. The minimum atomic E-state index is -0.440. The molecular formula is C22H23ClN4O4. The number of piperazine rings is 1. The number of amides is 2. The van der Waals surface area contributed by atoms with E-state index >= 15 is 0 Å². The fourth-order valence-electron chi connectivity index (χ4n) is 4.23. The lowest BCUT2D eigenvalue weighted by Crippen LogP contribution is -2.50. The zero-order chi connectivity index (χ0) is 22.0. The van der Waals surface area contributed by atoms with Crippen LogP contribution < -0.4 is 4.90 Å². The van der Waals surface area contributed by atoms with Crippen molar-refractivity contribution in [3.63, 3.8) is 0 Å². The van der Waals surface area contributed by atoms with E-state index in [1.807, 2.05) is 35.2 Å². The molecule has 2 saturated heterocycles. The number of anilines is 1. The van der Waals surface area contributed by atoms with Crippen molar-refractivity contribution in [1.29, 1.82) is 0 Å². The zero-order valence-electron chi connectivity index (χ0n) is 16.9. The number of carbonyl (C=O) groups excluding carboxylic acids is 2. The lowest BCUT2D eigenvalue weighted by molar-refractivity contribution is -0.384. The molecule has 1 unspecified atom stereocenters. The van der Waals surface area contributed by atoms with Gasteiger partial charge in [0.2, 0.25) is 11.8 Å². The summed E-state index contributed by atoms with van der Waals surface area (Å²) >= 11 is 5.90. The summed E-state index contributed by atoms with van der Waals surface area (Å²) in [5.41, 5.74) is 1.51. The molecule has 0 aromatic heterocycles. The van der Waals surface area contributed by atoms with E-state index in [0.717, 1.165) is 5.56 Å². The van der Waals surface area contributed by atoms with Crippen molar-refractivity contribution in [3.05, 3.63) is 69.2 Å². The number of benzene rings is 2. The number of nitrogens with zero attached hydrogens (tertiary/aromatic N) is 4. The summed E-state index contributed by atoms with van der Waals surface area (Å²) in [6, 6.07) is 14.4. The van der Waals surface area contributed by atoms with Crippen LogP contribution in [-0.2, 0) is 16.1 Å². The third-order valence-electron chi connectivity index (χ3n) is 5.85. The van der Waals surface area contributed by atoms with Crippen molar-refractivity contribution in [2.45, 2.75) is 13.0 Å². The normalized spacial score (nSPS) is 19.1. The Morgan fingerprint density at radius 2 is 1.81 bits per heavy atom. The van der Waals surface area contributed by atoms with E-state index in [-0.39, 0.29) is 29.8 Å². The quantitative estimate of drug-likeness (QED) is 0.525. The van der Waals surface area contributed by atoms with Gasteiger partial charge in [0.15, 0.2) is 0 Å². The first-order chi connectivity index (χ1) is 14.9. The molecule has 0 bridgehead atoms. The zero-order valence-corrected chi connectivity index (χ0v) is 17.7. The number of nitro groups is 1. The van der Waals surface area contributed by atoms with Crippen molar-refractivity contribution in [3.8, 4) is 0 Å². The highest BCUT2D eigenvalue weighted by atomic mass is 35.5. The van der Waals surface area contributed by atoms with E-state index in [1.54, 1.807) is 21.9 Å². The van der Waals surface area contributed by atoms with Crippen LogP contribution in [0, 0.1) is 16.0 Å². The predicted molar refractivity (Wildman–Crippen MR) is 117 cm³/mol. The lowest BCUT2D eigenvalue weighted by Gasteiger charge is -2.36. The summed E-state index contributed by atoms with van der Waals surface area (Å²) in [5, 5.41) is 11.7. The summed E-state index contributed by atoms with van der Waals surface area (Å²) in [5.74, 6) is -0.362. The first-order valence-electron chi connectivity index (χ1n) is 10.2. The second-order valence-electron chi connectivity index (χ2n) is 7.86. The van der Waals surface area contributed by atoms with Crippen LogP contribution in [0.3, 0.4) is 0 Å². The van der Waals surface area contributed by atoms with Crippen LogP contribution in [0.15, 0.2) is 48.5 Å². The molecule has 162 valence electrons. The van der Waals surface area contributed by atoms with Crippen molar-refractivity contribution in [2.75, 3.05) is 37.6 Å². The highest BCUT2D eigenvalue weighted by molar-refractivity contribution is 6.30. The number of carbonyl (C=O) groups is 2. The van der Waals surface area contributed by atoms with Gasteiger partial charge in [0.05, 0.1) is 10.8 Å². The average molecular weight is 443 g/mol. The van der Waals surface area contributed by atoms with Gasteiger partial charge in [-0.3, -0.25) is 19.7 Å². The van der Waals surface area contributed by atoms with Gasteiger partial charge in [-0.1, -0.05) is 41.9 Å². The molecule has 8 nitrogen and oxygen atoms in total. The molecule has 2 aliphatic rings. The Balaban J connectivity index is 1.36. The Kier molecular flexibility index (Phi) is 6.08. The maximum atomic E-state index is 13.0. The average Bonchev–Trinajstić information content (AvgIpc) is 3.14. The molecule has 0 aliphatic carbocycles. The maximum absolute atomic E-state index is 13.0. The number of nitro benzene ring substituents is 1. The molecule has 0 N–H and O–H groups in total. The molecule has 4 rings (SSSR count). The van der Waals surface area contributed by atoms with Crippen molar-refractivity contribution in [2.24, 2.45) is 5.92 Å². The molecule has 0 spiro atoms. The minimum Gasteiger partial charge on any atom is -0.362 e. The predicted octanol–water partition coefficient (Wildman–Crippen LogP) is 2.95. The molecule has 9 heteroatoms. The van der Waals surface area contributed by atoms with Crippen LogP contribution >= 0.6 is 11.6 Å². The Labute approximate surface area is 185 Å². The lowest BCUT2D eigenvalue weighted by atomic mass is 10.1. The standard InChI is InChI=1S/C22H23ClN4O4/c23-18-6-7-19(20(13-18)27(30)31)24-8-10-25(11-9-24)22(29)17-12-21(28)26(15-17)14-16-4-2-1-3-5-16/h1-7,13,17H,8-12,14-15H2. The largest absolute Gasteiger partial charge is 0.362 e. The van der Waals surface area contributed by atoms with Gasteiger partial charge in [-0.2, -0.15) is 0 Å². The Morgan fingerprint density at radius 3 is 2.48 bits per heavy atom. The van der Waals surface area contributed by atoms with Gasteiger partial charge >= 0.3 is 0 Å². The molecule has 0 saturated carbocycles.